The zero-order valence-corrected chi connectivity index (χ0v) is 13.5. The molecule has 0 spiro atoms. The number of ketones is 2. The lowest BCUT2D eigenvalue weighted by Gasteiger charge is -2.58. The van der Waals surface area contributed by atoms with E-state index in [1.165, 1.54) is 38.5 Å². The van der Waals surface area contributed by atoms with Gasteiger partial charge in [-0.1, -0.05) is 26.7 Å². The van der Waals surface area contributed by atoms with Crippen molar-refractivity contribution in [2.75, 3.05) is 0 Å². The van der Waals surface area contributed by atoms with E-state index >= 15 is 0 Å². The second kappa shape index (κ2) is 4.43. The van der Waals surface area contributed by atoms with Gasteiger partial charge in [-0.15, -0.1) is 0 Å². The van der Waals surface area contributed by atoms with Gasteiger partial charge in [-0.3, -0.25) is 9.59 Å². The van der Waals surface area contributed by atoms with Crippen LogP contribution in [0, 0.1) is 34.5 Å². The summed E-state index contributed by atoms with van der Waals surface area (Å²) in [6, 6.07) is 0. The molecular formula is C19H28O2. The zero-order chi connectivity index (χ0) is 14.8. The smallest absolute Gasteiger partial charge is 0.137 e. The van der Waals surface area contributed by atoms with E-state index in [9.17, 15) is 9.59 Å². The van der Waals surface area contributed by atoms with Crippen molar-refractivity contribution in [3.05, 3.63) is 0 Å². The molecule has 4 rings (SSSR count). The first-order valence-corrected chi connectivity index (χ1v) is 8.98. The number of rotatable bonds is 0. The molecule has 4 saturated carbocycles. The summed E-state index contributed by atoms with van der Waals surface area (Å²) in [5.41, 5.74) is 0.235. The second-order valence-corrected chi connectivity index (χ2v) is 8.99. The molecule has 0 bridgehead atoms. The topological polar surface area (TPSA) is 34.1 Å². The first-order chi connectivity index (χ1) is 9.94. The predicted molar refractivity (Wildman–Crippen MR) is 81.7 cm³/mol. The van der Waals surface area contributed by atoms with Crippen LogP contribution in [0.15, 0.2) is 0 Å². The molecule has 4 aliphatic carbocycles. The lowest BCUT2D eigenvalue weighted by atomic mass is 9.45. The van der Waals surface area contributed by atoms with Crippen LogP contribution in [-0.2, 0) is 9.59 Å². The Labute approximate surface area is 128 Å². The van der Waals surface area contributed by atoms with Crippen LogP contribution in [0.4, 0.5) is 0 Å². The summed E-state index contributed by atoms with van der Waals surface area (Å²) in [6.07, 6.45) is 9.80. The van der Waals surface area contributed by atoms with Crippen LogP contribution in [0.3, 0.4) is 0 Å². The third-order valence-electron chi connectivity index (χ3n) is 7.82. The molecule has 0 radical (unpaired) electrons. The fourth-order valence-electron chi connectivity index (χ4n) is 6.92. The summed E-state index contributed by atoms with van der Waals surface area (Å²) in [7, 11) is 0. The van der Waals surface area contributed by atoms with Crippen LogP contribution >= 0.6 is 0 Å². The standard InChI is InChI=1S/C19H28O2/c1-18-10-13(20)9-15(18)14-7-6-12-5-3-4-8-19(12,2)17(14)16(21)11-18/h12,14-15,17H,3-11H2,1-2H3/t12-,14+,15-,17+,18-,19-/m1/s1. The van der Waals surface area contributed by atoms with Gasteiger partial charge in [0, 0.05) is 25.2 Å². The Morgan fingerprint density at radius 1 is 1.00 bits per heavy atom. The monoisotopic (exact) mass is 288 g/mol. The molecule has 0 aromatic carbocycles. The maximum absolute atomic E-state index is 13.0. The Balaban J connectivity index is 1.72. The minimum absolute atomic E-state index is 0.00675. The van der Waals surface area contributed by atoms with E-state index in [0.29, 0.717) is 36.2 Å². The second-order valence-electron chi connectivity index (χ2n) is 8.99. The highest BCUT2D eigenvalue weighted by atomic mass is 16.1. The first kappa shape index (κ1) is 14.0. The van der Waals surface area contributed by atoms with E-state index in [-0.39, 0.29) is 16.7 Å². The largest absolute Gasteiger partial charge is 0.300 e. The van der Waals surface area contributed by atoms with Gasteiger partial charge >= 0.3 is 0 Å². The van der Waals surface area contributed by atoms with Crippen LogP contribution < -0.4 is 0 Å². The van der Waals surface area contributed by atoms with E-state index in [1.807, 2.05) is 0 Å². The normalized spacial score (nSPS) is 53.0. The fourth-order valence-corrected chi connectivity index (χ4v) is 6.92. The van der Waals surface area contributed by atoms with Gasteiger partial charge in [0.15, 0.2) is 0 Å². The minimum atomic E-state index is -0.00675. The number of fused-ring (bicyclic) bond motifs is 5. The van der Waals surface area contributed by atoms with Crippen LogP contribution in [0.5, 0.6) is 0 Å². The van der Waals surface area contributed by atoms with Gasteiger partial charge in [0.1, 0.15) is 11.6 Å². The molecule has 4 fully saturated rings. The average molecular weight is 288 g/mol. The molecule has 0 aromatic heterocycles. The van der Waals surface area contributed by atoms with Gasteiger partial charge in [-0.05, 0) is 54.3 Å². The molecule has 0 N–H and O–H groups in total. The molecule has 2 heteroatoms. The fraction of sp³-hybridized carbons (Fsp3) is 0.895. The Morgan fingerprint density at radius 2 is 1.81 bits per heavy atom. The van der Waals surface area contributed by atoms with E-state index < -0.39 is 0 Å². The molecule has 0 unspecified atom stereocenters. The van der Waals surface area contributed by atoms with Crippen LogP contribution in [0.25, 0.3) is 0 Å². The van der Waals surface area contributed by atoms with Crippen LogP contribution in [0.1, 0.15) is 71.6 Å². The van der Waals surface area contributed by atoms with Crippen molar-refractivity contribution in [1.82, 2.24) is 0 Å². The van der Waals surface area contributed by atoms with Crippen molar-refractivity contribution in [1.29, 1.82) is 0 Å². The number of hydrogen-bond donors (Lipinski definition) is 0. The minimum Gasteiger partial charge on any atom is -0.300 e. The molecular weight excluding hydrogens is 260 g/mol. The summed E-state index contributed by atoms with van der Waals surface area (Å²) in [4.78, 5) is 25.1. The number of Topliss-reactive ketones (excluding diaryl/α,β-unsaturated/α-hetero) is 2. The van der Waals surface area contributed by atoms with Gasteiger partial charge in [0.05, 0.1) is 0 Å². The van der Waals surface area contributed by atoms with Gasteiger partial charge in [0.25, 0.3) is 0 Å². The Morgan fingerprint density at radius 3 is 2.62 bits per heavy atom. The molecule has 0 saturated heterocycles. The summed E-state index contributed by atoms with van der Waals surface area (Å²) in [6.45, 7) is 4.62. The zero-order valence-electron chi connectivity index (χ0n) is 13.5. The Kier molecular flexibility index (Phi) is 2.94. The van der Waals surface area contributed by atoms with Crippen molar-refractivity contribution in [3.8, 4) is 0 Å². The predicted octanol–water partition coefficient (Wildman–Crippen LogP) is 4.17. The molecule has 0 aromatic rings. The molecule has 116 valence electrons. The average Bonchev–Trinajstić information content (AvgIpc) is 2.71. The molecule has 0 heterocycles. The maximum Gasteiger partial charge on any atom is 0.137 e. The number of carbonyl (C=O) groups excluding carboxylic acids is 2. The van der Waals surface area contributed by atoms with Crippen molar-refractivity contribution >= 4 is 11.6 Å². The van der Waals surface area contributed by atoms with Gasteiger partial charge in [-0.2, -0.15) is 0 Å². The summed E-state index contributed by atoms with van der Waals surface area (Å²) < 4.78 is 0. The Hall–Kier alpha value is -0.660. The highest BCUT2D eigenvalue weighted by Crippen LogP contribution is 2.64. The van der Waals surface area contributed by atoms with Crippen LogP contribution in [-0.4, -0.2) is 11.6 Å². The molecule has 21 heavy (non-hydrogen) atoms. The first-order valence-electron chi connectivity index (χ1n) is 8.98. The lowest BCUT2D eigenvalue weighted by Crippen LogP contribution is -2.55. The van der Waals surface area contributed by atoms with Gasteiger partial charge in [-0.25, -0.2) is 0 Å². The quantitative estimate of drug-likeness (QED) is 0.670. The molecule has 0 amide bonds. The van der Waals surface area contributed by atoms with E-state index in [4.69, 9.17) is 0 Å². The molecule has 4 aliphatic rings. The lowest BCUT2D eigenvalue weighted by molar-refractivity contribution is -0.155. The van der Waals surface area contributed by atoms with E-state index in [1.54, 1.807) is 0 Å². The highest BCUT2D eigenvalue weighted by Gasteiger charge is 2.61. The van der Waals surface area contributed by atoms with Crippen molar-refractivity contribution in [2.45, 2.75) is 71.6 Å². The molecule has 0 aliphatic heterocycles. The molecule has 2 nitrogen and oxygen atoms in total. The SMILES string of the molecule is C[C@]12CC(=O)C[C@@H]1[C@@H]1CC[C@H]3CCCC[C@@]3(C)[C@@H]1C(=O)C2. The summed E-state index contributed by atoms with van der Waals surface area (Å²) in [5.74, 6) is 2.93. The van der Waals surface area contributed by atoms with Gasteiger partial charge in [0.2, 0.25) is 0 Å². The number of carbonyl (C=O) groups is 2. The van der Waals surface area contributed by atoms with Gasteiger partial charge < -0.3 is 0 Å². The van der Waals surface area contributed by atoms with Crippen molar-refractivity contribution in [3.63, 3.8) is 0 Å². The summed E-state index contributed by atoms with van der Waals surface area (Å²) in [5, 5.41) is 0. The highest BCUT2D eigenvalue weighted by molar-refractivity contribution is 5.89. The third-order valence-corrected chi connectivity index (χ3v) is 7.82. The Bertz CT molecular complexity index is 496. The third kappa shape index (κ3) is 1.83. The van der Waals surface area contributed by atoms with Crippen molar-refractivity contribution < 1.29 is 9.59 Å². The molecule has 6 atom stereocenters. The van der Waals surface area contributed by atoms with E-state index in [0.717, 1.165) is 12.3 Å². The van der Waals surface area contributed by atoms with E-state index in [2.05, 4.69) is 13.8 Å². The van der Waals surface area contributed by atoms with Crippen molar-refractivity contribution in [2.24, 2.45) is 34.5 Å². The summed E-state index contributed by atoms with van der Waals surface area (Å²) >= 11 is 0. The maximum atomic E-state index is 13.0. The number of hydrogen-bond acceptors (Lipinski definition) is 2. The van der Waals surface area contributed by atoms with Crippen LogP contribution in [0.2, 0.25) is 0 Å².